The van der Waals surface area contributed by atoms with Gasteiger partial charge in [0.25, 0.3) is 0 Å². The molecule has 6 heteroatoms. The fourth-order valence-corrected chi connectivity index (χ4v) is 2.63. The first-order valence-electron chi connectivity index (χ1n) is 7.83. The van der Waals surface area contributed by atoms with Gasteiger partial charge in [-0.1, -0.05) is 29.8 Å². The highest BCUT2D eigenvalue weighted by Crippen LogP contribution is 2.14. The summed E-state index contributed by atoms with van der Waals surface area (Å²) in [7, 11) is 0. The molecule has 1 aliphatic rings. The number of halogens is 1. The van der Waals surface area contributed by atoms with E-state index < -0.39 is 0 Å². The van der Waals surface area contributed by atoms with Crippen LogP contribution in [0.25, 0.3) is 0 Å². The second kappa shape index (κ2) is 9.66. The standard InChI is InChI=1S/C16H25ClN4O/c17-15-5-2-1-4-14(15)6-8-20-16(18)19-7-3-9-21-10-12-22-13-11-21/h1-2,4-5H,3,6-13H2,(H3,18,19,20). The smallest absolute Gasteiger partial charge is 0.188 e. The fourth-order valence-electron chi connectivity index (χ4n) is 2.40. The van der Waals surface area contributed by atoms with Crippen LogP contribution in [0.2, 0.25) is 5.02 Å². The third-order valence-electron chi connectivity index (χ3n) is 3.68. The monoisotopic (exact) mass is 324 g/mol. The van der Waals surface area contributed by atoms with E-state index in [9.17, 15) is 0 Å². The highest BCUT2D eigenvalue weighted by Gasteiger charge is 2.08. The minimum absolute atomic E-state index is 0.508. The van der Waals surface area contributed by atoms with Crippen molar-refractivity contribution in [2.75, 3.05) is 45.9 Å². The van der Waals surface area contributed by atoms with Gasteiger partial charge in [0, 0.05) is 37.7 Å². The first kappa shape index (κ1) is 17.1. The van der Waals surface area contributed by atoms with Crippen LogP contribution in [0, 0.1) is 0 Å². The van der Waals surface area contributed by atoms with E-state index in [4.69, 9.17) is 22.1 Å². The number of rotatable bonds is 7. The number of nitrogens with one attached hydrogen (secondary N) is 1. The van der Waals surface area contributed by atoms with Crippen molar-refractivity contribution in [1.82, 2.24) is 10.2 Å². The van der Waals surface area contributed by atoms with Crippen molar-refractivity contribution < 1.29 is 4.74 Å². The van der Waals surface area contributed by atoms with Gasteiger partial charge in [-0.15, -0.1) is 0 Å². The third-order valence-corrected chi connectivity index (χ3v) is 4.05. The predicted molar refractivity (Wildman–Crippen MR) is 91.5 cm³/mol. The van der Waals surface area contributed by atoms with Gasteiger partial charge < -0.3 is 15.8 Å². The number of hydrogen-bond acceptors (Lipinski definition) is 3. The van der Waals surface area contributed by atoms with Gasteiger partial charge in [0.2, 0.25) is 0 Å². The number of aliphatic imine (C=N–C) groups is 1. The number of benzene rings is 1. The molecule has 2 rings (SSSR count). The van der Waals surface area contributed by atoms with Crippen LogP contribution >= 0.6 is 11.6 Å². The Morgan fingerprint density at radius 3 is 2.86 bits per heavy atom. The Bertz CT molecular complexity index is 475. The van der Waals surface area contributed by atoms with Crippen molar-refractivity contribution >= 4 is 17.6 Å². The number of morpholine rings is 1. The third kappa shape index (κ3) is 6.22. The van der Waals surface area contributed by atoms with E-state index in [2.05, 4.69) is 15.2 Å². The van der Waals surface area contributed by atoms with E-state index in [0.717, 1.165) is 69.4 Å². The number of nitrogens with zero attached hydrogens (tertiary/aromatic N) is 2. The van der Waals surface area contributed by atoms with Gasteiger partial charge in [-0.2, -0.15) is 0 Å². The summed E-state index contributed by atoms with van der Waals surface area (Å²) < 4.78 is 5.32. The molecule has 0 amide bonds. The molecule has 0 unspecified atom stereocenters. The fraction of sp³-hybridized carbons (Fsp3) is 0.562. The number of hydrogen-bond donors (Lipinski definition) is 2. The van der Waals surface area contributed by atoms with Gasteiger partial charge in [0.15, 0.2) is 5.96 Å². The first-order chi connectivity index (χ1) is 10.8. The molecule has 1 aromatic rings. The molecular weight excluding hydrogens is 300 g/mol. The molecule has 1 aromatic carbocycles. The zero-order valence-corrected chi connectivity index (χ0v) is 13.7. The maximum Gasteiger partial charge on any atom is 0.188 e. The molecule has 1 fully saturated rings. The number of guanidine groups is 1. The van der Waals surface area contributed by atoms with E-state index in [1.807, 2.05) is 24.3 Å². The average Bonchev–Trinajstić information content (AvgIpc) is 2.54. The van der Waals surface area contributed by atoms with Crippen molar-refractivity contribution in [3.8, 4) is 0 Å². The lowest BCUT2D eigenvalue weighted by Crippen LogP contribution is -2.37. The lowest BCUT2D eigenvalue weighted by Gasteiger charge is -2.26. The van der Waals surface area contributed by atoms with Crippen LogP contribution in [0.15, 0.2) is 29.3 Å². The molecule has 0 spiro atoms. The first-order valence-corrected chi connectivity index (χ1v) is 8.21. The quantitative estimate of drug-likeness (QED) is 0.453. The highest BCUT2D eigenvalue weighted by atomic mass is 35.5. The SMILES string of the molecule is NC(=NCCCN1CCOCC1)NCCc1ccccc1Cl. The van der Waals surface area contributed by atoms with Crippen LogP contribution in [0.5, 0.6) is 0 Å². The van der Waals surface area contributed by atoms with Gasteiger partial charge in [-0.25, -0.2) is 0 Å². The molecule has 0 aromatic heterocycles. The minimum Gasteiger partial charge on any atom is -0.379 e. The molecule has 0 atom stereocenters. The van der Waals surface area contributed by atoms with E-state index in [1.165, 1.54) is 0 Å². The van der Waals surface area contributed by atoms with Gasteiger partial charge in [-0.05, 0) is 24.5 Å². The highest BCUT2D eigenvalue weighted by molar-refractivity contribution is 6.31. The maximum atomic E-state index is 6.11. The summed E-state index contributed by atoms with van der Waals surface area (Å²) in [5, 5.41) is 3.93. The molecule has 5 nitrogen and oxygen atoms in total. The molecule has 0 radical (unpaired) electrons. The van der Waals surface area contributed by atoms with Crippen molar-refractivity contribution in [1.29, 1.82) is 0 Å². The molecule has 22 heavy (non-hydrogen) atoms. The van der Waals surface area contributed by atoms with Crippen LogP contribution in [-0.2, 0) is 11.2 Å². The van der Waals surface area contributed by atoms with Crippen LogP contribution in [-0.4, -0.2) is 56.8 Å². The molecular formula is C16H25ClN4O. The summed E-state index contributed by atoms with van der Waals surface area (Å²) in [4.78, 5) is 6.76. The number of nitrogens with two attached hydrogens (primary N) is 1. The van der Waals surface area contributed by atoms with Gasteiger partial charge >= 0.3 is 0 Å². The van der Waals surface area contributed by atoms with Gasteiger partial charge in [0.05, 0.1) is 13.2 Å². The van der Waals surface area contributed by atoms with E-state index in [-0.39, 0.29) is 0 Å². The van der Waals surface area contributed by atoms with Gasteiger partial charge in [0.1, 0.15) is 0 Å². The van der Waals surface area contributed by atoms with Crippen LogP contribution in [0.1, 0.15) is 12.0 Å². The Morgan fingerprint density at radius 1 is 1.32 bits per heavy atom. The summed E-state index contributed by atoms with van der Waals surface area (Å²) in [6, 6.07) is 7.85. The Labute approximate surface area is 137 Å². The summed E-state index contributed by atoms with van der Waals surface area (Å²) in [6.45, 7) is 6.28. The zero-order chi connectivity index (χ0) is 15.6. The largest absolute Gasteiger partial charge is 0.379 e. The van der Waals surface area contributed by atoms with E-state index in [0.29, 0.717) is 5.96 Å². The van der Waals surface area contributed by atoms with Crippen molar-refractivity contribution in [2.24, 2.45) is 10.7 Å². The van der Waals surface area contributed by atoms with Crippen LogP contribution in [0.3, 0.4) is 0 Å². The molecule has 1 aliphatic heterocycles. The molecule has 1 heterocycles. The van der Waals surface area contributed by atoms with Crippen molar-refractivity contribution in [3.63, 3.8) is 0 Å². The summed E-state index contributed by atoms with van der Waals surface area (Å²) in [5.74, 6) is 0.508. The van der Waals surface area contributed by atoms with Gasteiger partial charge in [-0.3, -0.25) is 9.89 Å². The molecule has 1 saturated heterocycles. The molecule has 122 valence electrons. The Hall–Kier alpha value is -1.30. The normalized spacial score (nSPS) is 16.7. The summed E-state index contributed by atoms with van der Waals surface area (Å²) >= 11 is 6.11. The van der Waals surface area contributed by atoms with Crippen molar-refractivity contribution in [3.05, 3.63) is 34.9 Å². The Kier molecular flexibility index (Phi) is 7.49. The summed E-state index contributed by atoms with van der Waals surface area (Å²) in [6.07, 6.45) is 1.86. The number of ether oxygens (including phenoxy) is 1. The molecule has 3 N–H and O–H groups in total. The maximum absolute atomic E-state index is 6.11. The second-order valence-electron chi connectivity index (χ2n) is 5.34. The van der Waals surface area contributed by atoms with E-state index >= 15 is 0 Å². The van der Waals surface area contributed by atoms with E-state index in [1.54, 1.807) is 0 Å². The average molecular weight is 325 g/mol. The van der Waals surface area contributed by atoms with Crippen LogP contribution in [0.4, 0.5) is 0 Å². The molecule has 0 saturated carbocycles. The topological polar surface area (TPSA) is 62.9 Å². The summed E-state index contributed by atoms with van der Waals surface area (Å²) in [5.41, 5.74) is 6.99. The Morgan fingerprint density at radius 2 is 2.09 bits per heavy atom. The predicted octanol–water partition coefficient (Wildman–Crippen LogP) is 1.51. The molecule has 0 bridgehead atoms. The zero-order valence-electron chi connectivity index (χ0n) is 12.9. The molecule has 0 aliphatic carbocycles. The lowest BCUT2D eigenvalue weighted by molar-refractivity contribution is 0.0377. The van der Waals surface area contributed by atoms with Crippen molar-refractivity contribution in [2.45, 2.75) is 12.8 Å². The lowest BCUT2D eigenvalue weighted by atomic mass is 10.1. The Balaban J connectivity index is 1.58. The van der Waals surface area contributed by atoms with Crippen LogP contribution < -0.4 is 11.1 Å². The second-order valence-corrected chi connectivity index (χ2v) is 5.75. The minimum atomic E-state index is 0.508.